The van der Waals surface area contributed by atoms with Gasteiger partial charge in [-0.2, -0.15) is 0 Å². The number of ether oxygens (including phenoxy) is 1. The van der Waals surface area contributed by atoms with E-state index >= 15 is 0 Å². The Morgan fingerprint density at radius 2 is 2.00 bits per heavy atom. The number of nitrogen functional groups attached to an aromatic ring is 1. The predicted molar refractivity (Wildman–Crippen MR) is 75.7 cm³/mol. The fourth-order valence-corrected chi connectivity index (χ4v) is 2.21. The molecule has 3 N–H and O–H groups in total. The molecular weight excluding hydrogens is 274 g/mol. The highest BCUT2D eigenvalue weighted by Gasteiger charge is 2.36. The Labute approximate surface area is 122 Å². The van der Waals surface area contributed by atoms with Crippen LogP contribution in [-0.2, 0) is 9.53 Å². The molecule has 0 radical (unpaired) electrons. The van der Waals surface area contributed by atoms with Crippen molar-refractivity contribution in [3.05, 3.63) is 29.3 Å². The molecule has 0 aromatic heterocycles. The molecule has 1 aromatic carbocycles. The second-order valence-corrected chi connectivity index (χ2v) is 4.93. The number of benzene rings is 1. The van der Waals surface area contributed by atoms with Gasteiger partial charge in [-0.25, -0.2) is 0 Å². The molecule has 7 nitrogen and oxygen atoms in total. The molecule has 1 unspecified atom stereocenters. The fourth-order valence-electron chi connectivity index (χ4n) is 2.21. The number of nitrogens with zero attached hydrogens (tertiary/aromatic N) is 1. The van der Waals surface area contributed by atoms with E-state index in [2.05, 4.69) is 5.32 Å². The normalized spacial score (nSPS) is 15.0. The highest BCUT2D eigenvalue weighted by Crippen LogP contribution is 2.24. The number of nitrogens with two attached hydrogens (primary N) is 1. The molecule has 1 atom stereocenters. The third kappa shape index (κ3) is 3.03. The van der Waals surface area contributed by atoms with E-state index in [1.54, 1.807) is 13.0 Å². The summed E-state index contributed by atoms with van der Waals surface area (Å²) in [4.78, 5) is 37.0. The number of hydrogen-bond acceptors (Lipinski definition) is 5. The number of carbonyl (C=O) groups is 3. The second-order valence-electron chi connectivity index (χ2n) is 4.93. The zero-order chi connectivity index (χ0) is 15.6. The molecule has 7 heteroatoms. The molecule has 0 fully saturated rings. The summed E-state index contributed by atoms with van der Waals surface area (Å²) in [6.07, 6.45) is 0. The Kier molecular flexibility index (Phi) is 4.23. The minimum atomic E-state index is -0.503. The van der Waals surface area contributed by atoms with Gasteiger partial charge in [0.05, 0.1) is 17.7 Å². The van der Waals surface area contributed by atoms with Crippen LogP contribution in [0.5, 0.6) is 0 Å². The lowest BCUT2D eigenvalue weighted by atomic mass is 10.1. The van der Waals surface area contributed by atoms with E-state index in [4.69, 9.17) is 10.5 Å². The van der Waals surface area contributed by atoms with E-state index in [1.165, 1.54) is 19.2 Å². The van der Waals surface area contributed by atoms with Gasteiger partial charge in [-0.05, 0) is 25.1 Å². The van der Waals surface area contributed by atoms with Crippen LogP contribution in [0.1, 0.15) is 27.6 Å². The molecule has 0 aliphatic carbocycles. The van der Waals surface area contributed by atoms with Crippen molar-refractivity contribution in [3.8, 4) is 0 Å². The third-order valence-corrected chi connectivity index (χ3v) is 3.12. The van der Waals surface area contributed by atoms with Gasteiger partial charge in [0.2, 0.25) is 5.91 Å². The predicted octanol–water partition coefficient (Wildman–Crippen LogP) is 0.0159. The lowest BCUT2D eigenvalue weighted by Gasteiger charge is -2.16. The van der Waals surface area contributed by atoms with Crippen molar-refractivity contribution in [3.63, 3.8) is 0 Å². The molecule has 1 aliphatic heterocycles. The van der Waals surface area contributed by atoms with Crippen LogP contribution in [0.25, 0.3) is 0 Å². The number of fused-ring (bicyclic) bond motifs is 1. The average Bonchev–Trinajstić information content (AvgIpc) is 2.64. The monoisotopic (exact) mass is 291 g/mol. The summed E-state index contributed by atoms with van der Waals surface area (Å²) in [5.74, 6) is -1.40. The minimum absolute atomic E-state index is 0.201. The van der Waals surface area contributed by atoms with E-state index in [0.717, 1.165) is 4.90 Å². The lowest BCUT2D eigenvalue weighted by Crippen LogP contribution is -2.44. The molecule has 2 rings (SSSR count). The molecule has 1 aliphatic rings. The maximum absolute atomic E-state index is 12.2. The van der Waals surface area contributed by atoms with Gasteiger partial charge in [-0.15, -0.1) is 0 Å². The third-order valence-electron chi connectivity index (χ3n) is 3.12. The van der Waals surface area contributed by atoms with E-state index in [0.29, 0.717) is 12.3 Å². The first-order valence-electron chi connectivity index (χ1n) is 6.48. The first kappa shape index (κ1) is 15.0. The molecular formula is C14H17N3O4. The zero-order valence-corrected chi connectivity index (χ0v) is 11.9. The first-order valence-corrected chi connectivity index (χ1v) is 6.48. The number of amides is 3. The van der Waals surface area contributed by atoms with Gasteiger partial charge in [-0.3, -0.25) is 19.3 Å². The van der Waals surface area contributed by atoms with Gasteiger partial charge in [-0.1, -0.05) is 0 Å². The molecule has 1 aromatic rings. The summed E-state index contributed by atoms with van der Waals surface area (Å²) in [5, 5.41) is 2.65. The lowest BCUT2D eigenvalue weighted by molar-refractivity contribution is -0.122. The maximum Gasteiger partial charge on any atom is 0.262 e. The molecule has 1 heterocycles. The van der Waals surface area contributed by atoms with E-state index in [1.807, 2.05) is 0 Å². The van der Waals surface area contributed by atoms with Gasteiger partial charge in [0.1, 0.15) is 6.54 Å². The van der Waals surface area contributed by atoms with Gasteiger partial charge >= 0.3 is 0 Å². The number of hydrogen-bond donors (Lipinski definition) is 2. The Morgan fingerprint density at radius 1 is 1.33 bits per heavy atom. The number of carbonyl (C=O) groups excluding carboxylic acids is 3. The Balaban J connectivity index is 2.08. The number of nitrogens with one attached hydrogen (secondary N) is 1. The fraction of sp³-hybridized carbons (Fsp3) is 0.357. The van der Waals surface area contributed by atoms with Crippen molar-refractivity contribution >= 4 is 23.4 Å². The zero-order valence-electron chi connectivity index (χ0n) is 11.9. The molecule has 0 saturated carbocycles. The van der Waals surface area contributed by atoms with Crippen LogP contribution in [0.4, 0.5) is 5.69 Å². The number of anilines is 1. The smallest absolute Gasteiger partial charge is 0.262 e. The van der Waals surface area contributed by atoms with Crippen molar-refractivity contribution in [2.45, 2.75) is 13.0 Å². The van der Waals surface area contributed by atoms with Crippen LogP contribution in [0.3, 0.4) is 0 Å². The van der Waals surface area contributed by atoms with Gasteiger partial charge in [0.25, 0.3) is 11.8 Å². The Morgan fingerprint density at radius 3 is 2.67 bits per heavy atom. The Bertz CT molecular complexity index is 600. The van der Waals surface area contributed by atoms with Crippen LogP contribution in [0.15, 0.2) is 18.2 Å². The number of imide groups is 1. The molecule has 3 amide bonds. The van der Waals surface area contributed by atoms with Crippen molar-refractivity contribution in [2.24, 2.45) is 0 Å². The van der Waals surface area contributed by atoms with E-state index in [9.17, 15) is 14.4 Å². The van der Waals surface area contributed by atoms with Crippen molar-refractivity contribution in [1.82, 2.24) is 10.2 Å². The van der Waals surface area contributed by atoms with Crippen LogP contribution in [-0.4, -0.2) is 48.9 Å². The number of rotatable bonds is 5. The highest BCUT2D eigenvalue weighted by molar-refractivity contribution is 6.22. The molecule has 112 valence electrons. The summed E-state index contributed by atoms with van der Waals surface area (Å²) in [6.45, 7) is 1.80. The van der Waals surface area contributed by atoms with Crippen molar-refractivity contribution in [2.75, 3.05) is 26.0 Å². The SMILES string of the molecule is COCC(C)NC(=O)CN1C(=O)c2ccc(N)cc2C1=O. The molecule has 0 saturated heterocycles. The first-order chi connectivity index (χ1) is 9.93. The largest absolute Gasteiger partial charge is 0.399 e. The van der Waals surface area contributed by atoms with Gasteiger partial charge in [0.15, 0.2) is 0 Å². The van der Waals surface area contributed by atoms with Gasteiger partial charge < -0.3 is 15.8 Å². The highest BCUT2D eigenvalue weighted by atomic mass is 16.5. The average molecular weight is 291 g/mol. The maximum atomic E-state index is 12.2. The van der Waals surface area contributed by atoms with Gasteiger partial charge in [0, 0.05) is 18.8 Å². The van der Waals surface area contributed by atoms with Crippen LogP contribution >= 0.6 is 0 Å². The summed E-state index contributed by atoms with van der Waals surface area (Å²) in [7, 11) is 1.53. The standard InChI is InChI=1S/C14H17N3O4/c1-8(7-21-2)16-12(18)6-17-13(19)10-4-3-9(15)5-11(10)14(17)20/h3-5,8H,6-7,15H2,1-2H3,(H,16,18). The van der Waals surface area contributed by atoms with Crippen LogP contribution < -0.4 is 11.1 Å². The van der Waals surface area contributed by atoms with Crippen LogP contribution in [0, 0.1) is 0 Å². The second kappa shape index (κ2) is 5.92. The minimum Gasteiger partial charge on any atom is -0.399 e. The van der Waals surface area contributed by atoms with Crippen molar-refractivity contribution in [1.29, 1.82) is 0 Å². The number of methoxy groups -OCH3 is 1. The Hall–Kier alpha value is -2.41. The van der Waals surface area contributed by atoms with E-state index in [-0.39, 0.29) is 23.7 Å². The summed E-state index contributed by atoms with van der Waals surface area (Å²) >= 11 is 0. The topological polar surface area (TPSA) is 102 Å². The quantitative estimate of drug-likeness (QED) is 0.588. The summed E-state index contributed by atoms with van der Waals surface area (Å²) in [6, 6.07) is 4.29. The molecule has 0 bridgehead atoms. The molecule has 21 heavy (non-hydrogen) atoms. The summed E-state index contributed by atoms with van der Waals surface area (Å²) in [5.41, 5.74) is 6.51. The van der Waals surface area contributed by atoms with Crippen molar-refractivity contribution < 1.29 is 19.1 Å². The summed E-state index contributed by atoms with van der Waals surface area (Å²) < 4.78 is 4.90. The van der Waals surface area contributed by atoms with E-state index < -0.39 is 17.7 Å². The van der Waals surface area contributed by atoms with Crippen LogP contribution in [0.2, 0.25) is 0 Å². The molecule has 0 spiro atoms.